The lowest BCUT2D eigenvalue weighted by Crippen LogP contribution is -2.56. The maximum atomic E-state index is 13.5. The maximum absolute atomic E-state index is 13.5. The first kappa shape index (κ1) is 18.8. The van der Waals surface area contributed by atoms with Crippen LogP contribution in [-0.2, 0) is 17.6 Å². The highest BCUT2D eigenvalue weighted by Gasteiger charge is 2.51. The van der Waals surface area contributed by atoms with Crippen molar-refractivity contribution in [1.82, 2.24) is 10.4 Å². The van der Waals surface area contributed by atoms with Crippen LogP contribution in [0, 0.1) is 0 Å². The molecule has 1 unspecified atom stereocenters. The molecule has 0 aliphatic carbocycles. The van der Waals surface area contributed by atoms with Crippen LogP contribution in [0.15, 0.2) is 24.3 Å². The Labute approximate surface area is 141 Å². The van der Waals surface area contributed by atoms with Gasteiger partial charge >= 0.3 is 6.18 Å². The first-order chi connectivity index (χ1) is 11.1. The molecule has 1 aliphatic rings. The number of alkyl halides is 3. The second-order valence-electron chi connectivity index (χ2n) is 7.02. The normalized spacial score (nSPS) is 19.3. The number of aryl methyl sites for hydroxylation is 2. The lowest BCUT2D eigenvalue weighted by atomic mass is 9.97. The molecular formula is C18H25F3N2O. The quantitative estimate of drug-likeness (QED) is 0.847. The van der Waals surface area contributed by atoms with Crippen molar-refractivity contribution in [1.29, 1.82) is 0 Å². The summed E-state index contributed by atoms with van der Waals surface area (Å²) >= 11 is 0. The predicted molar refractivity (Wildman–Crippen MR) is 87.3 cm³/mol. The molecule has 1 aromatic rings. The lowest BCUT2D eigenvalue weighted by molar-refractivity contribution is -0.202. The number of nitrogens with one attached hydrogen (secondary N) is 1. The van der Waals surface area contributed by atoms with Crippen molar-refractivity contribution in [3.63, 3.8) is 0 Å². The van der Waals surface area contributed by atoms with Crippen LogP contribution in [0.25, 0.3) is 0 Å². The van der Waals surface area contributed by atoms with E-state index in [1.54, 1.807) is 13.8 Å². The Balaban J connectivity index is 2.03. The minimum absolute atomic E-state index is 0.0381. The van der Waals surface area contributed by atoms with Crippen molar-refractivity contribution in [2.24, 2.45) is 0 Å². The zero-order valence-corrected chi connectivity index (χ0v) is 14.4. The van der Waals surface area contributed by atoms with Crippen LogP contribution >= 0.6 is 0 Å². The fourth-order valence-electron chi connectivity index (χ4n) is 3.25. The van der Waals surface area contributed by atoms with Gasteiger partial charge in [0.05, 0.1) is 0 Å². The first-order valence-electron chi connectivity index (χ1n) is 8.37. The van der Waals surface area contributed by atoms with Gasteiger partial charge in [-0.1, -0.05) is 31.2 Å². The molecule has 134 valence electrons. The monoisotopic (exact) mass is 342 g/mol. The zero-order chi connectivity index (χ0) is 18.0. The molecule has 2 rings (SSSR count). The number of nitrogens with zero attached hydrogens (tertiary/aromatic N) is 1. The highest BCUT2D eigenvalue weighted by atomic mass is 19.4. The van der Waals surface area contributed by atoms with E-state index in [4.69, 9.17) is 0 Å². The van der Waals surface area contributed by atoms with Crippen LogP contribution in [-0.4, -0.2) is 28.7 Å². The molecular weight excluding hydrogens is 317 g/mol. The summed E-state index contributed by atoms with van der Waals surface area (Å²) in [5.41, 5.74) is 3.80. The summed E-state index contributed by atoms with van der Waals surface area (Å²) in [7, 11) is 0. The Morgan fingerprint density at radius 1 is 1.29 bits per heavy atom. The number of hydrogen-bond donors (Lipinski definition) is 1. The van der Waals surface area contributed by atoms with Crippen molar-refractivity contribution in [3.8, 4) is 0 Å². The number of carbonyl (C=O) groups is 1. The van der Waals surface area contributed by atoms with Crippen molar-refractivity contribution < 1.29 is 18.0 Å². The topological polar surface area (TPSA) is 32.3 Å². The highest BCUT2D eigenvalue weighted by molar-refractivity contribution is 5.78. The standard InChI is InChI=1S/C18H25F3N2O/c1-4-13-7-5-8-14(11-13)9-6-10-15(18(19,20)21)23-17(2,3)12-16(24)22-23/h5,7-8,11,15H,4,6,9-10,12H2,1-3H3,(H,22,24). The van der Waals surface area contributed by atoms with Crippen LogP contribution in [0.5, 0.6) is 0 Å². The van der Waals surface area contributed by atoms with E-state index in [1.807, 2.05) is 24.3 Å². The van der Waals surface area contributed by atoms with Crippen molar-refractivity contribution in [3.05, 3.63) is 35.4 Å². The molecule has 0 bridgehead atoms. The summed E-state index contributed by atoms with van der Waals surface area (Å²) in [5, 5.41) is 1.10. The molecule has 3 nitrogen and oxygen atoms in total. The van der Waals surface area contributed by atoms with E-state index in [0.29, 0.717) is 12.8 Å². The second-order valence-corrected chi connectivity index (χ2v) is 7.02. The van der Waals surface area contributed by atoms with Crippen molar-refractivity contribution >= 4 is 5.91 Å². The number of hydrazine groups is 1. The summed E-state index contributed by atoms with van der Waals surface area (Å²) in [6, 6.07) is 6.30. The molecule has 1 atom stereocenters. The van der Waals surface area contributed by atoms with Gasteiger partial charge in [-0.25, -0.2) is 5.01 Å². The molecule has 1 N–H and O–H groups in total. The smallest absolute Gasteiger partial charge is 0.288 e. The van der Waals surface area contributed by atoms with Gasteiger partial charge in [0.2, 0.25) is 5.91 Å². The molecule has 1 aromatic carbocycles. The molecule has 1 amide bonds. The Bertz CT molecular complexity index is 584. The van der Waals surface area contributed by atoms with Gasteiger partial charge in [-0.05, 0) is 50.7 Å². The van der Waals surface area contributed by atoms with E-state index in [2.05, 4.69) is 12.3 Å². The predicted octanol–water partition coefficient (Wildman–Crippen LogP) is 4.02. The maximum Gasteiger partial charge on any atom is 0.405 e. The number of carbonyl (C=O) groups excluding carboxylic acids is 1. The SMILES string of the molecule is CCc1cccc(CCCC(N2NC(=O)CC2(C)C)C(F)(F)F)c1. The average Bonchev–Trinajstić information content (AvgIpc) is 2.75. The zero-order valence-electron chi connectivity index (χ0n) is 14.4. The number of benzene rings is 1. The van der Waals surface area contributed by atoms with Crippen LogP contribution < -0.4 is 5.43 Å². The van der Waals surface area contributed by atoms with E-state index in [0.717, 1.165) is 17.0 Å². The van der Waals surface area contributed by atoms with E-state index >= 15 is 0 Å². The summed E-state index contributed by atoms with van der Waals surface area (Å²) in [5.74, 6) is -0.357. The Kier molecular flexibility index (Phi) is 5.58. The van der Waals surface area contributed by atoms with E-state index in [9.17, 15) is 18.0 Å². The fourth-order valence-corrected chi connectivity index (χ4v) is 3.25. The van der Waals surface area contributed by atoms with Gasteiger partial charge in [-0.3, -0.25) is 10.2 Å². The van der Waals surface area contributed by atoms with Gasteiger partial charge < -0.3 is 0 Å². The summed E-state index contributed by atoms with van der Waals surface area (Å²) in [6.45, 7) is 5.37. The first-order valence-corrected chi connectivity index (χ1v) is 8.37. The van der Waals surface area contributed by atoms with Gasteiger partial charge in [0.25, 0.3) is 0 Å². The van der Waals surface area contributed by atoms with Gasteiger partial charge in [-0.15, -0.1) is 0 Å². The third-order valence-electron chi connectivity index (χ3n) is 4.52. The van der Waals surface area contributed by atoms with Crippen molar-refractivity contribution in [2.75, 3.05) is 0 Å². The van der Waals surface area contributed by atoms with E-state index in [1.165, 1.54) is 5.56 Å². The molecule has 0 aromatic heterocycles. The Morgan fingerprint density at radius 3 is 2.50 bits per heavy atom. The van der Waals surface area contributed by atoms with Crippen LogP contribution in [0.1, 0.15) is 51.2 Å². The minimum atomic E-state index is -4.37. The molecule has 24 heavy (non-hydrogen) atoms. The van der Waals surface area contributed by atoms with E-state index < -0.39 is 17.8 Å². The average molecular weight is 342 g/mol. The van der Waals surface area contributed by atoms with Crippen LogP contribution in [0.4, 0.5) is 13.2 Å². The highest BCUT2D eigenvalue weighted by Crippen LogP contribution is 2.35. The fraction of sp³-hybridized carbons (Fsp3) is 0.611. The molecule has 6 heteroatoms. The number of rotatable bonds is 6. The third kappa shape index (κ3) is 4.50. The number of halogens is 3. The summed E-state index contributed by atoms with van der Waals surface area (Å²) in [4.78, 5) is 11.5. The largest absolute Gasteiger partial charge is 0.405 e. The van der Waals surface area contributed by atoms with E-state index in [-0.39, 0.29) is 18.7 Å². The molecule has 1 aliphatic heterocycles. The van der Waals surface area contributed by atoms with Crippen LogP contribution in [0.3, 0.4) is 0 Å². The van der Waals surface area contributed by atoms with Gasteiger partial charge in [0, 0.05) is 12.0 Å². The number of amides is 1. The molecule has 1 saturated heterocycles. The molecule has 0 radical (unpaired) electrons. The number of hydrogen-bond acceptors (Lipinski definition) is 2. The van der Waals surface area contributed by atoms with Gasteiger partial charge in [-0.2, -0.15) is 13.2 Å². The van der Waals surface area contributed by atoms with Gasteiger partial charge in [0.15, 0.2) is 0 Å². The molecule has 0 spiro atoms. The van der Waals surface area contributed by atoms with Crippen LogP contribution in [0.2, 0.25) is 0 Å². The third-order valence-corrected chi connectivity index (χ3v) is 4.52. The molecule has 1 heterocycles. The summed E-state index contributed by atoms with van der Waals surface area (Å²) in [6.07, 6.45) is -2.41. The molecule has 0 saturated carbocycles. The minimum Gasteiger partial charge on any atom is -0.288 e. The van der Waals surface area contributed by atoms with Gasteiger partial charge in [0.1, 0.15) is 6.04 Å². The van der Waals surface area contributed by atoms with Crippen molar-refractivity contribution in [2.45, 2.75) is 70.6 Å². The Morgan fingerprint density at radius 2 is 1.96 bits per heavy atom. The Hall–Kier alpha value is -1.56. The summed E-state index contributed by atoms with van der Waals surface area (Å²) < 4.78 is 40.5. The second kappa shape index (κ2) is 7.13. The molecule has 1 fully saturated rings. The lowest BCUT2D eigenvalue weighted by Gasteiger charge is -2.37.